The highest BCUT2D eigenvalue weighted by atomic mass is 19.1. The van der Waals surface area contributed by atoms with Crippen LogP contribution in [-0.4, -0.2) is 30.6 Å². The molecule has 0 aliphatic carbocycles. The number of piperidine rings is 1. The maximum atomic E-state index is 13.6. The van der Waals surface area contributed by atoms with Gasteiger partial charge in [-0.3, -0.25) is 4.90 Å². The molecule has 1 unspecified atom stereocenters. The van der Waals surface area contributed by atoms with Crippen molar-refractivity contribution in [1.82, 2.24) is 10.2 Å². The standard InChI is InChI=1S/C18H22FN3O2/c19-14-7-2-3-8-15(14)21-18(23)20-13-16(17-9-6-12-24-17)22-10-4-1-5-11-22/h2-3,6-9,12,16H,1,4-5,10-11,13H2,(H2,20,21,23). The van der Waals surface area contributed by atoms with E-state index >= 15 is 0 Å². The van der Waals surface area contributed by atoms with Gasteiger partial charge in [-0.05, 0) is 50.2 Å². The monoisotopic (exact) mass is 331 g/mol. The van der Waals surface area contributed by atoms with Gasteiger partial charge < -0.3 is 15.1 Å². The SMILES string of the molecule is O=C(NCC(c1ccco1)N1CCCCC1)Nc1ccccc1F. The Morgan fingerprint density at radius 1 is 1.17 bits per heavy atom. The van der Waals surface area contributed by atoms with E-state index in [1.54, 1.807) is 18.4 Å². The lowest BCUT2D eigenvalue weighted by Gasteiger charge is -2.33. The highest BCUT2D eigenvalue weighted by Crippen LogP contribution is 2.24. The van der Waals surface area contributed by atoms with Crippen LogP contribution in [0, 0.1) is 5.82 Å². The lowest BCUT2D eigenvalue weighted by Crippen LogP contribution is -2.41. The number of carbonyl (C=O) groups is 1. The van der Waals surface area contributed by atoms with Gasteiger partial charge in [0, 0.05) is 6.54 Å². The molecule has 1 atom stereocenters. The molecule has 1 fully saturated rings. The van der Waals surface area contributed by atoms with Gasteiger partial charge in [-0.15, -0.1) is 0 Å². The molecule has 24 heavy (non-hydrogen) atoms. The van der Waals surface area contributed by atoms with Crippen molar-refractivity contribution in [2.24, 2.45) is 0 Å². The second-order valence-corrected chi connectivity index (χ2v) is 5.94. The number of anilines is 1. The summed E-state index contributed by atoms with van der Waals surface area (Å²) >= 11 is 0. The number of rotatable bonds is 5. The maximum Gasteiger partial charge on any atom is 0.319 e. The van der Waals surface area contributed by atoms with E-state index in [0.29, 0.717) is 6.54 Å². The van der Waals surface area contributed by atoms with Gasteiger partial charge >= 0.3 is 6.03 Å². The molecule has 1 aliphatic rings. The van der Waals surface area contributed by atoms with Crippen LogP contribution in [0.3, 0.4) is 0 Å². The average molecular weight is 331 g/mol. The highest BCUT2D eigenvalue weighted by molar-refractivity contribution is 5.89. The summed E-state index contributed by atoms with van der Waals surface area (Å²) in [5.41, 5.74) is 0.169. The molecule has 1 aromatic heterocycles. The zero-order valence-corrected chi connectivity index (χ0v) is 13.5. The zero-order chi connectivity index (χ0) is 16.8. The highest BCUT2D eigenvalue weighted by Gasteiger charge is 2.24. The van der Waals surface area contributed by atoms with Crippen molar-refractivity contribution in [3.8, 4) is 0 Å². The Kier molecular flexibility index (Phi) is 5.48. The van der Waals surface area contributed by atoms with Crippen molar-refractivity contribution in [2.45, 2.75) is 25.3 Å². The quantitative estimate of drug-likeness (QED) is 0.877. The van der Waals surface area contributed by atoms with Crippen LogP contribution in [0.4, 0.5) is 14.9 Å². The molecule has 0 saturated carbocycles. The minimum absolute atomic E-state index is 0.00771. The van der Waals surface area contributed by atoms with Gasteiger partial charge in [0.05, 0.1) is 18.0 Å². The fraction of sp³-hybridized carbons (Fsp3) is 0.389. The third kappa shape index (κ3) is 4.14. The van der Waals surface area contributed by atoms with E-state index in [4.69, 9.17) is 4.42 Å². The third-order valence-electron chi connectivity index (χ3n) is 4.28. The number of nitrogens with one attached hydrogen (secondary N) is 2. The first-order valence-electron chi connectivity index (χ1n) is 8.31. The van der Waals surface area contributed by atoms with E-state index in [0.717, 1.165) is 31.7 Å². The number of hydrogen-bond donors (Lipinski definition) is 2. The molecule has 2 amide bonds. The van der Waals surface area contributed by atoms with Gasteiger partial charge in [-0.1, -0.05) is 18.6 Å². The largest absolute Gasteiger partial charge is 0.468 e. The molecule has 6 heteroatoms. The van der Waals surface area contributed by atoms with Crippen LogP contribution in [-0.2, 0) is 0 Å². The Labute approximate surface area is 140 Å². The van der Waals surface area contributed by atoms with Gasteiger partial charge in [0.25, 0.3) is 0 Å². The number of urea groups is 1. The molecule has 0 spiro atoms. The van der Waals surface area contributed by atoms with Crippen LogP contribution >= 0.6 is 0 Å². The summed E-state index contributed by atoms with van der Waals surface area (Å²) in [5.74, 6) is 0.384. The number of carbonyl (C=O) groups excluding carboxylic acids is 1. The molecule has 1 aromatic carbocycles. The lowest BCUT2D eigenvalue weighted by atomic mass is 10.1. The van der Waals surface area contributed by atoms with Crippen molar-refractivity contribution in [3.63, 3.8) is 0 Å². The normalized spacial score (nSPS) is 16.5. The number of hydrogen-bond acceptors (Lipinski definition) is 3. The molecule has 5 nitrogen and oxygen atoms in total. The van der Waals surface area contributed by atoms with E-state index in [1.165, 1.54) is 18.6 Å². The molecule has 0 bridgehead atoms. The fourth-order valence-electron chi connectivity index (χ4n) is 3.04. The van der Waals surface area contributed by atoms with E-state index in [9.17, 15) is 9.18 Å². The second-order valence-electron chi connectivity index (χ2n) is 5.94. The molecule has 3 rings (SSSR count). The first-order chi connectivity index (χ1) is 11.7. The number of benzene rings is 1. The number of likely N-dealkylation sites (tertiary alicyclic amines) is 1. The summed E-state index contributed by atoms with van der Waals surface area (Å²) in [6, 6.07) is 9.46. The fourth-order valence-corrected chi connectivity index (χ4v) is 3.04. The number of nitrogens with zero attached hydrogens (tertiary/aromatic N) is 1. The smallest absolute Gasteiger partial charge is 0.319 e. The van der Waals surface area contributed by atoms with Crippen molar-refractivity contribution in [1.29, 1.82) is 0 Å². The molecular weight excluding hydrogens is 309 g/mol. The molecular formula is C18H22FN3O2. The summed E-state index contributed by atoms with van der Waals surface area (Å²) in [7, 11) is 0. The van der Waals surface area contributed by atoms with Gasteiger partial charge in [-0.25, -0.2) is 9.18 Å². The predicted molar refractivity (Wildman–Crippen MR) is 90.3 cm³/mol. The van der Waals surface area contributed by atoms with Crippen molar-refractivity contribution in [2.75, 3.05) is 25.0 Å². The number of amides is 2. The summed E-state index contributed by atoms with van der Waals surface area (Å²) in [6.45, 7) is 2.39. The van der Waals surface area contributed by atoms with Crippen LogP contribution < -0.4 is 10.6 Å². The second kappa shape index (κ2) is 7.97. The minimum atomic E-state index is -0.453. The lowest BCUT2D eigenvalue weighted by molar-refractivity contribution is 0.144. The van der Waals surface area contributed by atoms with Crippen LogP contribution in [0.25, 0.3) is 0 Å². The molecule has 0 radical (unpaired) electrons. The van der Waals surface area contributed by atoms with Gasteiger partial charge in [0.15, 0.2) is 0 Å². The van der Waals surface area contributed by atoms with E-state index < -0.39 is 11.8 Å². The van der Waals surface area contributed by atoms with Crippen molar-refractivity contribution < 1.29 is 13.6 Å². The molecule has 2 aromatic rings. The third-order valence-corrected chi connectivity index (χ3v) is 4.28. The zero-order valence-electron chi connectivity index (χ0n) is 13.5. The van der Waals surface area contributed by atoms with E-state index in [2.05, 4.69) is 15.5 Å². The van der Waals surface area contributed by atoms with Crippen LogP contribution in [0.5, 0.6) is 0 Å². The predicted octanol–water partition coefficient (Wildman–Crippen LogP) is 3.77. The van der Waals surface area contributed by atoms with Crippen LogP contribution in [0.1, 0.15) is 31.1 Å². The first kappa shape index (κ1) is 16.5. The Bertz CT molecular complexity index is 654. The van der Waals surface area contributed by atoms with Crippen molar-refractivity contribution in [3.05, 3.63) is 54.2 Å². The topological polar surface area (TPSA) is 57.5 Å². The summed E-state index contributed by atoms with van der Waals surface area (Å²) in [4.78, 5) is 14.4. The molecule has 1 saturated heterocycles. The van der Waals surface area contributed by atoms with E-state index in [-0.39, 0.29) is 11.7 Å². The Morgan fingerprint density at radius 2 is 1.96 bits per heavy atom. The minimum Gasteiger partial charge on any atom is -0.468 e. The van der Waals surface area contributed by atoms with Gasteiger partial charge in [0.2, 0.25) is 0 Å². The summed E-state index contributed by atoms with van der Waals surface area (Å²) in [6.07, 6.45) is 5.19. The summed E-state index contributed by atoms with van der Waals surface area (Å²) < 4.78 is 19.1. The maximum absolute atomic E-state index is 13.6. The summed E-state index contributed by atoms with van der Waals surface area (Å²) in [5, 5.41) is 5.37. The molecule has 2 heterocycles. The molecule has 128 valence electrons. The number of para-hydroxylation sites is 1. The van der Waals surface area contributed by atoms with Crippen LogP contribution in [0.2, 0.25) is 0 Å². The van der Waals surface area contributed by atoms with E-state index in [1.807, 2.05) is 12.1 Å². The number of halogens is 1. The van der Waals surface area contributed by atoms with Gasteiger partial charge in [-0.2, -0.15) is 0 Å². The Morgan fingerprint density at radius 3 is 2.67 bits per heavy atom. The first-order valence-corrected chi connectivity index (χ1v) is 8.31. The molecule has 2 N–H and O–H groups in total. The Balaban J connectivity index is 1.61. The van der Waals surface area contributed by atoms with Crippen molar-refractivity contribution >= 4 is 11.7 Å². The average Bonchev–Trinajstić information content (AvgIpc) is 3.12. The molecule has 1 aliphatic heterocycles. The Hall–Kier alpha value is -2.34. The number of furan rings is 1. The van der Waals surface area contributed by atoms with Gasteiger partial charge in [0.1, 0.15) is 11.6 Å². The van der Waals surface area contributed by atoms with Crippen LogP contribution in [0.15, 0.2) is 47.1 Å².